The number of unbranched alkanes of at least 4 members (excludes halogenated alkanes) is 5. The fourth-order valence-corrected chi connectivity index (χ4v) is 1.07. The average Bonchev–Trinajstić information content (AvgIpc) is 2.22. The maximum atomic E-state index is 10.2. The van der Waals surface area contributed by atoms with Crippen LogP contribution in [-0.2, 0) is 9.53 Å². The Kier molecular flexibility index (Phi) is 17.9. The van der Waals surface area contributed by atoms with Crippen LogP contribution in [0.4, 0.5) is 0 Å². The first-order chi connectivity index (χ1) is 7.18. The Morgan fingerprint density at radius 3 is 1.60 bits per heavy atom. The van der Waals surface area contributed by atoms with Crippen LogP contribution in [-0.4, -0.2) is 12.6 Å². The van der Waals surface area contributed by atoms with Gasteiger partial charge < -0.3 is 4.74 Å². The molecule has 0 atom stereocenters. The van der Waals surface area contributed by atoms with Crippen molar-refractivity contribution in [3.05, 3.63) is 0 Å². The molecular formula is C13H28O2. The van der Waals surface area contributed by atoms with E-state index >= 15 is 0 Å². The minimum atomic E-state index is -0.175. The lowest BCUT2D eigenvalue weighted by molar-refractivity contribution is -0.141. The molecule has 2 heteroatoms. The highest BCUT2D eigenvalue weighted by atomic mass is 16.5. The molecule has 0 rings (SSSR count). The second-order valence-corrected chi connectivity index (χ2v) is 3.75. The molecule has 92 valence electrons. The first-order valence-corrected chi connectivity index (χ1v) is 6.32. The van der Waals surface area contributed by atoms with Gasteiger partial charge in [-0.25, -0.2) is 0 Å². The smallest absolute Gasteiger partial charge is 0.302 e. The van der Waals surface area contributed by atoms with Crippen molar-refractivity contribution in [3.63, 3.8) is 0 Å². The molecule has 0 unspecified atom stereocenters. The quantitative estimate of drug-likeness (QED) is 0.468. The number of ether oxygens (including phenoxy) is 1. The van der Waals surface area contributed by atoms with Gasteiger partial charge in [0.1, 0.15) is 0 Å². The van der Waals surface area contributed by atoms with E-state index < -0.39 is 0 Å². The van der Waals surface area contributed by atoms with E-state index in [4.69, 9.17) is 4.74 Å². The first kappa shape index (κ1) is 16.9. The molecule has 0 aliphatic carbocycles. The van der Waals surface area contributed by atoms with Gasteiger partial charge in [0.05, 0.1) is 6.61 Å². The van der Waals surface area contributed by atoms with E-state index in [0.29, 0.717) is 6.61 Å². The number of hydrogen-bond donors (Lipinski definition) is 0. The van der Waals surface area contributed by atoms with E-state index in [-0.39, 0.29) is 5.97 Å². The molecule has 0 heterocycles. The molecule has 0 aromatic rings. The number of carbonyl (C=O) groups excluding carboxylic acids is 1. The minimum Gasteiger partial charge on any atom is -0.466 e. The van der Waals surface area contributed by atoms with Crippen LogP contribution in [0.2, 0.25) is 0 Å². The number of esters is 1. The molecule has 0 aromatic heterocycles. The second-order valence-electron chi connectivity index (χ2n) is 3.75. The zero-order valence-electron chi connectivity index (χ0n) is 11.0. The third kappa shape index (κ3) is 24.7. The molecule has 0 saturated carbocycles. The van der Waals surface area contributed by atoms with E-state index in [1.165, 1.54) is 39.0 Å². The van der Waals surface area contributed by atoms with Crippen LogP contribution in [0.5, 0.6) is 0 Å². The normalized spacial score (nSPS) is 9.07. The van der Waals surface area contributed by atoms with Gasteiger partial charge in [0.15, 0.2) is 0 Å². The lowest BCUT2D eigenvalue weighted by atomic mass is 10.2. The summed E-state index contributed by atoms with van der Waals surface area (Å²) in [5.41, 5.74) is 0. The molecule has 0 aromatic carbocycles. The predicted octanol–water partition coefficient (Wildman–Crippen LogP) is 4.33. The van der Waals surface area contributed by atoms with Crippen LogP contribution >= 0.6 is 0 Å². The van der Waals surface area contributed by atoms with Gasteiger partial charge >= 0.3 is 5.97 Å². The summed E-state index contributed by atoms with van der Waals surface area (Å²) in [5.74, 6) is -0.175. The third-order valence-corrected chi connectivity index (χ3v) is 2.01. The Bertz CT molecular complexity index is 118. The largest absolute Gasteiger partial charge is 0.466 e. The van der Waals surface area contributed by atoms with Gasteiger partial charge in [0.25, 0.3) is 0 Å². The van der Waals surface area contributed by atoms with Crippen molar-refractivity contribution in [2.24, 2.45) is 0 Å². The van der Waals surface area contributed by atoms with Crippen molar-refractivity contribution in [3.8, 4) is 0 Å². The summed E-state index contributed by atoms with van der Waals surface area (Å²) in [4.78, 5) is 10.2. The van der Waals surface area contributed by atoms with Gasteiger partial charge in [-0.1, -0.05) is 59.3 Å². The van der Waals surface area contributed by atoms with Crippen LogP contribution in [0.15, 0.2) is 0 Å². The monoisotopic (exact) mass is 216 g/mol. The van der Waals surface area contributed by atoms with E-state index in [1.54, 1.807) is 0 Å². The Morgan fingerprint density at radius 2 is 1.27 bits per heavy atom. The van der Waals surface area contributed by atoms with Crippen molar-refractivity contribution in [2.75, 3.05) is 6.61 Å². The summed E-state index contributed by atoms with van der Waals surface area (Å²) in [6.45, 7) is 8.61. The lowest BCUT2D eigenvalue weighted by Crippen LogP contribution is -1.99. The second kappa shape index (κ2) is 15.9. The SMILES string of the molecule is CCCCCC.CCCCCOC(C)=O. The molecule has 0 spiro atoms. The van der Waals surface area contributed by atoms with Gasteiger partial charge in [-0.15, -0.1) is 0 Å². The maximum Gasteiger partial charge on any atom is 0.302 e. The highest BCUT2D eigenvalue weighted by Gasteiger charge is 1.89. The van der Waals surface area contributed by atoms with Gasteiger partial charge in [-0.3, -0.25) is 4.79 Å². The molecule has 0 bridgehead atoms. The molecule has 0 saturated heterocycles. The fraction of sp³-hybridized carbons (Fsp3) is 0.923. The Morgan fingerprint density at radius 1 is 0.867 bits per heavy atom. The standard InChI is InChI=1S/C7H14O2.C6H14/c1-3-4-5-6-9-7(2)8;1-3-5-6-4-2/h3-6H2,1-2H3;3-6H2,1-2H3. The number of rotatable bonds is 7. The van der Waals surface area contributed by atoms with Crippen LogP contribution in [0.3, 0.4) is 0 Å². The van der Waals surface area contributed by atoms with E-state index in [0.717, 1.165) is 12.8 Å². The zero-order valence-corrected chi connectivity index (χ0v) is 11.0. The minimum absolute atomic E-state index is 0.175. The molecule has 2 nitrogen and oxygen atoms in total. The molecule has 0 N–H and O–H groups in total. The van der Waals surface area contributed by atoms with Crippen LogP contribution < -0.4 is 0 Å². The molecule has 0 amide bonds. The van der Waals surface area contributed by atoms with Crippen molar-refractivity contribution in [1.29, 1.82) is 0 Å². The molecule has 0 radical (unpaired) electrons. The third-order valence-electron chi connectivity index (χ3n) is 2.01. The van der Waals surface area contributed by atoms with Crippen LogP contribution in [0.1, 0.15) is 72.6 Å². The Balaban J connectivity index is 0. The Labute approximate surface area is 95.4 Å². The first-order valence-electron chi connectivity index (χ1n) is 6.32. The van der Waals surface area contributed by atoms with Crippen LogP contribution in [0.25, 0.3) is 0 Å². The van der Waals surface area contributed by atoms with Crippen molar-refractivity contribution < 1.29 is 9.53 Å². The molecular weight excluding hydrogens is 188 g/mol. The average molecular weight is 216 g/mol. The molecule has 15 heavy (non-hydrogen) atoms. The summed E-state index contributed by atoms with van der Waals surface area (Å²) in [7, 11) is 0. The van der Waals surface area contributed by atoms with Crippen molar-refractivity contribution in [2.45, 2.75) is 72.6 Å². The van der Waals surface area contributed by atoms with Gasteiger partial charge in [0, 0.05) is 6.92 Å². The maximum absolute atomic E-state index is 10.2. The highest BCUT2D eigenvalue weighted by Crippen LogP contribution is 1.95. The predicted molar refractivity (Wildman–Crippen MR) is 66.0 cm³/mol. The lowest BCUT2D eigenvalue weighted by Gasteiger charge is -1.98. The Hall–Kier alpha value is -0.530. The number of hydrogen-bond acceptors (Lipinski definition) is 2. The van der Waals surface area contributed by atoms with Crippen LogP contribution in [0, 0.1) is 0 Å². The van der Waals surface area contributed by atoms with Gasteiger partial charge in [0.2, 0.25) is 0 Å². The van der Waals surface area contributed by atoms with Gasteiger partial charge in [-0.2, -0.15) is 0 Å². The van der Waals surface area contributed by atoms with Gasteiger partial charge in [-0.05, 0) is 6.42 Å². The van der Waals surface area contributed by atoms with Crippen molar-refractivity contribution >= 4 is 5.97 Å². The fourth-order valence-electron chi connectivity index (χ4n) is 1.07. The number of carbonyl (C=O) groups is 1. The van der Waals surface area contributed by atoms with E-state index in [2.05, 4.69) is 20.8 Å². The zero-order chi connectivity index (χ0) is 11.9. The summed E-state index contributed by atoms with van der Waals surface area (Å²) in [6.07, 6.45) is 8.85. The van der Waals surface area contributed by atoms with Crippen molar-refractivity contribution in [1.82, 2.24) is 0 Å². The molecule has 0 aliphatic heterocycles. The van der Waals surface area contributed by atoms with E-state index in [1.807, 2.05) is 0 Å². The topological polar surface area (TPSA) is 26.3 Å². The molecule has 0 aliphatic rings. The van der Waals surface area contributed by atoms with E-state index in [9.17, 15) is 4.79 Å². The molecule has 0 fully saturated rings. The summed E-state index contributed by atoms with van der Waals surface area (Å²) < 4.78 is 4.70. The highest BCUT2D eigenvalue weighted by molar-refractivity contribution is 5.65. The summed E-state index contributed by atoms with van der Waals surface area (Å²) in [6, 6.07) is 0. The summed E-state index contributed by atoms with van der Waals surface area (Å²) in [5, 5.41) is 0. The summed E-state index contributed by atoms with van der Waals surface area (Å²) >= 11 is 0.